The van der Waals surface area contributed by atoms with Gasteiger partial charge in [-0.1, -0.05) is 72.8 Å². The largest absolute Gasteiger partial charge is 0.451 e. The fourth-order valence-corrected chi connectivity index (χ4v) is 6.16. The van der Waals surface area contributed by atoms with Crippen LogP contribution in [-0.4, -0.2) is 24.2 Å². The number of benzene rings is 6. The summed E-state index contributed by atoms with van der Waals surface area (Å²) < 4.78 is 78.9. The smallest absolute Gasteiger partial charge is 0.398 e. The lowest BCUT2D eigenvalue weighted by atomic mass is 9.98. The zero-order chi connectivity index (χ0) is 37.1. The van der Waals surface area contributed by atoms with Gasteiger partial charge in [0.15, 0.2) is 0 Å². The first-order valence-electron chi connectivity index (χ1n) is 15.3. The average molecular weight is 715 g/mol. The van der Waals surface area contributed by atoms with E-state index in [9.17, 15) is 36.5 Å². The van der Waals surface area contributed by atoms with Crippen LogP contribution in [0.4, 0.5) is 37.7 Å². The van der Waals surface area contributed by atoms with Crippen molar-refractivity contribution in [3.05, 3.63) is 131 Å². The second kappa shape index (κ2) is 12.2. The molecule has 8 rings (SSSR count). The summed E-state index contributed by atoms with van der Waals surface area (Å²) in [6.07, 6.45) is -9.32. The van der Waals surface area contributed by atoms with Gasteiger partial charge in [0.2, 0.25) is 11.6 Å². The molecule has 0 fully saturated rings. The Morgan fingerprint density at radius 2 is 1.04 bits per heavy atom. The van der Waals surface area contributed by atoms with Crippen molar-refractivity contribution in [1.29, 1.82) is 0 Å². The fraction of sp³-hybridized carbons (Fsp3) is 0.0556. The molecule has 0 radical (unpaired) electrons. The van der Waals surface area contributed by atoms with E-state index in [0.29, 0.717) is 42.5 Å². The van der Waals surface area contributed by atoms with Gasteiger partial charge in [0, 0.05) is 16.6 Å². The molecule has 0 bridgehead atoms. The Kier molecular flexibility index (Phi) is 7.89. The molecule has 0 aliphatic carbocycles. The van der Waals surface area contributed by atoms with E-state index in [4.69, 9.17) is 17.4 Å². The fourth-order valence-electron chi connectivity index (χ4n) is 6.16. The summed E-state index contributed by atoms with van der Waals surface area (Å²) in [4.78, 5) is 18.4. The zero-order valence-corrected chi connectivity index (χ0v) is 26.4. The average Bonchev–Trinajstić information content (AvgIpc) is 3.64. The highest BCUT2D eigenvalue weighted by atomic mass is 19.4. The number of nitro benzene ring substituents is 1. The van der Waals surface area contributed by atoms with Crippen molar-refractivity contribution < 1.29 is 31.3 Å². The van der Waals surface area contributed by atoms with Crippen LogP contribution in [0.2, 0.25) is 0 Å². The van der Waals surface area contributed by atoms with Gasteiger partial charge in [-0.25, -0.2) is 19.3 Å². The van der Waals surface area contributed by atoms with E-state index in [1.165, 1.54) is 24.3 Å². The number of rotatable bonds is 3. The maximum atomic E-state index is 13.0. The minimum Gasteiger partial charge on any atom is -0.398 e. The first-order chi connectivity index (χ1) is 24.6. The lowest BCUT2D eigenvalue weighted by molar-refractivity contribution is -0.382. The van der Waals surface area contributed by atoms with Crippen LogP contribution in [0.25, 0.3) is 65.9 Å². The molecule has 8 aromatic rings. The normalized spacial score (nSPS) is 12.0. The first kappa shape index (κ1) is 33.6. The number of nitrogens with two attached hydrogens (primary N) is 3. The van der Waals surface area contributed by atoms with Crippen LogP contribution in [0.15, 0.2) is 109 Å². The molecule has 6 N–H and O–H groups in total. The molecular formula is C36H24F6N8O2. The van der Waals surface area contributed by atoms with Gasteiger partial charge in [0.05, 0.1) is 37.9 Å². The Balaban J connectivity index is 0.000000162. The molecule has 0 spiro atoms. The Morgan fingerprint density at radius 1 is 0.596 bits per heavy atom. The Bertz CT molecular complexity index is 2700. The van der Waals surface area contributed by atoms with Crippen molar-refractivity contribution in [2.75, 3.05) is 17.4 Å². The number of nitrogen functional groups attached to an aromatic ring is 3. The number of anilines is 1. The van der Waals surface area contributed by atoms with Crippen LogP contribution in [0.3, 0.4) is 0 Å². The highest BCUT2D eigenvalue weighted by Crippen LogP contribution is 2.39. The zero-order valence-electron chi connectivity index (χ0n) is 26.4. The molecule has 16 heteroatoms. The molecule has 0 unspecified atom stereocenters. The van der Waals surface area contributed by atoms with Gasteiger partial charge in [-0.15, -0.1) is 0 Å². The summed E-state index contributed by atoms with van der Waals surface area (Å²) in [6, 6.07) is 30.6. The number of fused-ring (bicyclic) bond motifs is 4. The lowest BCUT2D eigenvalue weighted by Gasteiger charge is -2.09. The van der Waals surface area contributed by atoms with Crippen molar-refractivity contribution in [3.63, 3.8) is 0 Å². The molecule has 52 heavy (non-hydrogen) atoms. The lowest BCUT2D eigenvalue weighted by Crippen LogP contribution is -2.20. The highest BCUT2D eigenvalue weighted by molar-refractivity contribution is 6.01. The summed E-state index contributed by atoms with van der Waals surface area (Å²) in [5, 5.41) is 14.7. The van der Waals surface area contributed by atoms with Gasteiger partial charge in [-0.3, -0.25) is 10.1 Å². The molecule has 0 amide bonds. The second-order valence-electron chi connectivity index (χ2n) is 11.7. The maximum Gasteiger partial charge on any atom is 0.451 e. The minimum atomic E-state index is -4.71. The number of nitro groups is 1. The number of hydrogen-bond acceptors (Lipinski definition) is 7. The monoisotopic (exact) mass is 714 g/mol. The number of imidazole rings is 2. The van der Waals surface area contributed by atoms with Gasteiger partial charge in [0.1, 0.15) is 0 Å². The number of alkyl halides is 6. The molecular weight excluding hydrogens is 690 g/mol. The molecule has 262 valence electrons. The third-order valence-corrected chi connectivity index (χ3v) is 8.56. The van der Waals surface area contributed by atoms with Gasteiger partial charge in [-0.05, 0) is 58.3 Å². The third-order valence-electron chi connectivity index (χ3n) is 8.56. The Labute approximate surface area is 288 Å². The third kappa shape index (κ3) is 5.78. The summed E-state index contributed by atoms with van der Waals surface area (Å²) >= 11 is 0. The highest BCUT2D eigenvalue weighted by Gasteiger charge is 2.38. The SMILES string of the molecule is Nc1c(-c2ccc3c(c2)nc(C(F)(F)F)n3N)ccc2ccccc12.Nn1c(C(F)(F)F)nc2cc(-c3ccc4ccccc4c3[N+](=O)[O-])ccc21. The van der Waals surface area contributed by atoms with E-state index in [2.05, 4.69) is 9.97 Å². The molecule has 0 aliphatic rings. The van der Waals surface area contributed by atoms with Crippen molar-refractivity contribution in [1.82, 2.24) is 19.3 Å². The van der Waals surface area contributed by atoms with E-state index in [0.717, 1.165) is 16.3 Å². The summed E-state index contributed by atoms with van der Waals surface area (Å²) in [5.41, 5.74) is 9.27. The molecule has 0 saturated heterocycles. The number of aromatic nitrogens is 4. The van der Waals surface area contributed by atoms with E-state index in [1.54, 1.807) is 48.5 Å². The van der Waals surface area contributed by atoms with Crippen LogP contribution in [0.5, 0.6) is 0 Å². The quantitative estimate of drug-likeness (QED) is 0.0543. The second-order valence-corrected chi connectivity index (χ2v) is 11.7. The molecule has 2 aromatic heterocycles. The summed E-state index contributed by atoms with van der Waals surface area (Å²) in [6.45, 7) is 0. The topological polar surface area (TPSA) is 157 Å². The van der Waals surface area contributed by atoms with Gasteiger partial charge in [0.25, 0.3) is 5.69 Å². The van der Waals surface area contributed by atoms with Crippen LogP contribution < -0.4 is 17.4 Å². The predicted octanol–water partition coefficient (Wildman–Crippen LogP) is 8.67. The van der Waals surface area contributed by atoms with E-state index < -0.39 is 28.9 Å². The minimum absolute atomic E-state index is 0.00443. The molecule has 0 aliphatic heterocycles. The van der Waals surface area contributed by atoms with Crippen molar-refractivity contribution in [2.24, 2.45) is 0 Å². The van der Waals surface area contributed by atoms with Crippen LogP contribution in [0, 0.1) is 10.1 Å². The predicted molar refractivity (Wildman–Crippen MR) is 187 cm³/mol. The molecule has 10 nitrogen and oxygen atoms in total. The molecule has 0 saturated carbocycles. The van der Waals surface area contributed by atoms with E-state index in [-0.39, 0.29) is 27.8 Å². The van der Waals surface area contributed by atoms with Crippen LogP contribution in [-0.2, 0) is 12.4 Å². The summed E-state index contributed by atoms with van der Waals surface area (Å²) in [5.74, 6) is 8.65. The van der Waals surface area contributed by atoms with Gasteiger partial charge < -0.3 is 17.4 Å². The van der Waals surface area contributed by atoms with Crippen LogP contribution >= 0.6 is 0 Å². The van der Waals surface area contributed by atoms with Gasteiger partial charge >= 0.3 is 12.4 Å². The molecule has 0 atom stereocenters. The summed E-state index contributed by atoms with van der Waals surface area (Å²) in [7, 11) is 0. The van der Waals surface area contributed by atoms with E-state index in [1.807, 2.05) is 36.4 Å². The Morgan fingerprint density at radius 3 is 1.54 bits per heavy atom. The maximum absolute atomic E-state index is 13.0. The molecule has 2 heterocycles. The van der Waals surface area contributed by atoms with Crippen molar-refractivity contribution in [3.8, 4) is 22.3 Å². The van der Waals surface area contributed by atoms with Crippen molar-refractivity contribution >= 4 is 55.0 Å². The first-order valence-corrected chi connectivity index (χ1v) is 15.3. The van der Waals surface area contributed by atoms with E-state index >= 15 is 0 Å². The van der Waals surface area contributed by atoms with Crippen molar-refractivity contribution in [2.45, 2.75) is 12.4 Å². The number of hydrogen-bond donors (Lipinski definition) is 3. The number of halogens is 6. The Hall–Kier alpha value is -6.84. The van der Waals surface area contributed by atoms with Gasteiger partial charge in [-0.2, -0.15) is 26.3 Å². The standard InChI is InChI=1S/C18H11F3N4O2.C18H13F3N4/c19-18(20,21)17-23-14-9-11(6-8-15(14)24(17)22)13-7-5-10-3-1-2-4-12(10)16(13)25(26)27;19-18(20,21)17-24-14-9-11(6-8-15(14)25(17)23)13-7-5-10-3-1-2-4-12(10)16(13)22/h1-9H,22H2;1-9H,22-23H2. The number of nitrogens with zero attached hydrogens (tertiary/aromatic N) is 5. The molecule has 6 aromatic carbocycles. The van der Waals surface area contributed by atoms with Crippen LogP contribution in [0.1, 0.15) is 11.6 Å².